The zero-order chi connectivity index (χ0) is 63.4. The second kappa shape index (κ2) is 36.6. The number of hydrogen-bond donors (Lipinski definition) is 0. The maximum atomic E-state index is 12.1. The molecule has 0 aliphatic carbocycles. The van der Waals surface area contributed by atoms with Gasteiger partial charge in [-0.25, -0.2) is 0 Å². The largest absolute Gasteiger partial charge is 0.340 e. The van der Waals surface area contributed by atoms with Gasteiger partial charge in [-0.2, -0.15) is 0 Å². The lowest BCUT2D eigenvalue weighted by Crippen LogP contribution is -1.98. The maximum Gasteiger partial charge on any atom is 0.270 e. The maximum absolute atomic E-state index is 12.1. The highest BCUT2D eigenvalue weighted by molar-refractivity contribution is 6.11. The minimum Gasteiger partial charge on any atom is -0.340 e. The van der Waals surface area contributed by atoms with E-state index in [4.69, 9.17) is 0 Å². The lowest BCUT2D eigenvalue weighted by molar-refractivity contribution is -0.384. The Morgan fingerprint density at radius 3 is 0.659 bits per heavy atom. The van der Waals surface area contributed by atoms with Crippen LogP contribution in [0.2, 0.25) is 0 Å². The molecule has 3 heterocycles. The topological polar surface area (TPSA) is 101 Å². The number of unbranched alkanes of at least 4 members (excludes halogenated alkanes) is 33. The van der Waals surface area contributed by atoms with Crippen LogP contribution in [0.1, 0.15) is 274 Å². The molecule has 0 amide bonds. The summed E-state index contributed by atoms with van der Waals surface area (Å²) in [6.45, 7) is 9.52. The molecule has 0 saturated heterocycles. The molecule has 0 bridgehead atoms. The number of hydrogen-bond acceptors (Lipinski definition) is 4. The summed E-state index contributed by atoms with van der Waals surface area (Å²) < 4.78 is 7.21. The van der Waals surface area contributed by atoms with Gasteiger partial charge in [0.25, 0.3) is 11.4 Å². The van der Waals surface area contributed by atoms with Crippen molar-refractivity contribution in [3.8, 4) is 23.7 Å². The molecule has 0 radical (unpaired) electrons. The fourth-order valence-electron chi connectivity index (χ4n) is 14.2. The molecule has 482 valence electrons. The van der Waals surface area contributed by atoms with Crippen LogP contribution in [0.4, 0.5) is 11.4 Å². The molecule has 0 aliphatic rings. The van der Waals surface area contributed by atoms with Gasteiger partial charge in [-0.05, 0) is 104 Å². The molecule has 9 nitrogen and oxygen atoms in total. The first-order valence-electron chi connectivity index (χ1n) is 36.3. The van der Waals surface area contributed by atoms with Gasteiger partial charge in [-0.1, -0.05) is 256 Å². The molecule has 9 heteroatoms. The number of nitro benzene ring substituents is 2. The van der Waals surface area contributed by atoms with E-state index < -0.39 is 0 Å². The van der Waals surface area contributed by atoms with Gasteiger partial charge in [0, 0.05) is 132 Å². The van der Waals surface area contributed by atoms with Gasteiger partial charge in [0.15, 0.2) is 0 Å². The molecule has 9 rings (SSSR count). The molecule has 9 aromatic rings. The number of benzene rings is 6. The van der Waals surface area contributed by atoms with Crippen molar-refractivity contribution < 1.29 is 9.85 Å². The summed E-state index contributed by atoms with van der Waals surface area (Å²) in [5.41, 5.74) is 10.4. The van der Waals surface area contributed by atoms with Crippen LogP contribution in [0.25, 0.3) is 65.4 Å². The van der Waals surface area contributed by atoms with E-state index in [1.165, 1.54) is 223 Å². The molecule has 6 aromatic carbocycles. The van der Waals surface area contributed by atoms with Crippen molar-refractivity contribution in [2.45, 2.75) is 272 Å². The molecule has 0 aliphatic heterocycles. The van der Waals surface area contributed by atoms with Gasteiger partial charge >= 0.3 is 0 Å². The van der Waals surface area contributed by atoms with Crippen molar-refractivity contribution >= 4 is 76.8 Å². The summed E-state index contributed by atoms with van der Waals surface area (Å²) >= 11 is 0. The van der Waals surface area contributed by atoms with Crippen molar-refractivity contribution in [2.75, 3.05) is 0 Å². The Kier molecular flexibility index (Phi) is 27.4. The Bertz CT molecular complexity index is 3690. The smallest absolute Gasteiger partial charge is 0.270 e. The van der Waals surface area contributed by atoms with Gasteiger partial charge in [0.2, 0.25) is 0 Å². The molecular weight excluding hydrogens is 1120 g/mol. The van der Waals surface area contributed by atoms with Crippen molar-refractivity contribution in [3.63, 3.8) is 0 Å². The Labute approximate surface area is 544 Å². The zero-order valence-corrected chi connectivity index (χ0v) is 55.8. The van der Waals surface area contributed by atoms with Gasteiger partial charge in [0.05, 0.1) is 9.85 Å². The van der Waals surface area contributed by atoms with Crippen LogP contribution in [0.5, 0.6) is 0 Å². The third-order valence-corrected chi connectivity index (χ3v) is 19.4. The van der Waals surface area contributed by atoms with E-state index in [-0.39, 0.29) is 21.2 Å². The van der Waals surface area contributed by atoms with Gasteiger partial charge in [0.1, 0.15) is 0 Å². The predicted octanol–water partition coefficient (Wildman–Crippen LogP) is 24.7. The third kappa shape index (κ3) is 19.4. The van der Waals surface area contributed by atoms with E-state index in [1.807, 2.05) is 12.1 Å². The van der Waals surface area contributed by atoms with Crippen molar-refractivity contribution in [3.05, 3.63) is 152 Å². The predicted molar refractivity (Wildman–Crippen MR) is 387 cm³/mol. The van der Waals surface area contributed by atoms with Crippen LogP contribution in [0, 0.1) is 43.9 Å². The Balaban J connectivity index is 0.935. The fraction of sp³-hybridized carbons (Fsp3) is 0.512. The Hall–Kier alpha value is -7.36. The molecule has 91 heavy (non-hydrogen) atoms. The van der Waals surface area contributed by atoms with Crippen molar-refractivity contribution in [2.24, 2.45) is 0 Å². The number of aryl methyl sites for hydroxylation is 3. The molecule has 0 unspecified atom stereocenters. The van der Waals surface area contributed by atoms with Crippen LogP contribution in [0.15, 0.2) is 109 Å². The monoisotopic (exact) mass is 1220 g/mol. The van der Waals surface area contributed by atoms with E-state index in [1.54, 1.807) is 24.3 Å². The Morgan fingerprint density at radius 2 is 0.451 bits per heavy atom. The first kappa shape index (κ1) is 68.0. The zero-order valence-electron chi connectivity index (χ0n) is 55.8. The minimum absolute atomic E-state index is 0.102. The molecule has 3 aromatic heterocycles. The highest BCUT2D eigenvalue weighted by Gasteiger charge is 2.18. The van der Waals surface area contributed by atoms with Crippen LogP contribution < -0.4 is 0 Å². The molecule has 0 fully saturated rings. The first-order chi connectivity index (χ1) is 44.8. The molecule has 0 N–H and O–H groups in total. The lowest BCUT2D eigenvalue weighted by Gasteiger charge is -2.08. The average molecular weight is 1220 g/mol. The number of nitro groups is 2. The Morgan fingerprint density at radius 1 is 0.264 bits per heavy atom. The molecule has 0 atom stereocenters. The molecular formula is C82H105N5O4. The normalized spacial score (nSPS) is 11.6. The van der Waals surface area contributed by atoms with Crippen molar-refractivity contribution in [1.29, 1.82) is 0 Å². The number of non-ortho nitro benzene ring substituents is 2. The SMILES string of the molecule is CCCCCCCCCCCCCCn1c2ccc(C#Cc3ccc4c(c3)c3cc([N+](=O)[O-])ccc3n4CCCCCCCCCCCCCC)cc2c2cc(C#Cc3ccc4c(c3)c3cc([N+](=O)[O-])ccc3n4CCCCCCCCCCCCCC)ccc21. The summed E-state index contributed by atoms with van der Waals surface area (Å²) in [4.78, 5) is 23.6. The second-order valence-corrected chi connectivity index (χ2v) is 26.5. The van der Waals surface area contributed by atoms with Gasteiger partial charge in [-0.15, -0.1) is 0 Å². The standard InChI is InChI=1S/C82H105N5O4/c1-4-7-10-13-16-19-22-25-28-31-34-37-56-83-77-50-44-65(40-42-67-46-52-79-73(61-67)75-63-69(86(88)89)48-54-81(75)84(79)57-38-35-32-29-26-23-20-17-14-11-8-5-2)59-71(77)72-60-66(45-51-78(72)83)41-43-68-47-53-80-74(62-68)76-64-70(87(90)91)49-55-82(76)85(80)58-39-36-33-30-27-24-21-18-15-12-9-6-3/h44-55,59-64H,4-39,56-58H2,1-3H3. The summed E-state index contributed by atoms with van der Waals surface area (Å²) in [6, 6.07) is 36.6. The second-order valence-electron chi connectivity index (χ2n) is 26.5. The highest BCUT2D eigenvalue weighted by atomic mass is 16.6. The lowest BCUT2D eigenvalue weighted by atomic mass is 10.1. The minimum atomic E-state index is -0.294. The summed E-state index contributed by atoms with van der Waals surface area (Å²) in [5, 5.41) is 30.2. The van der Waals surface area contributed by atoms with Crippen LogP contribution in [-0.4, -0.2) is 23.5 Å². The quantitative estimate of drug-likeness (QED) is 0.0165. The number of nitrogens with zero attached hydrogens (tertiary/aromatic N) is 5. The van der Waals surface area contributed by atoms with E-state index in [2.05, 4.69) is 131 Å². The highest BCUT2D eigenvalue weighted by Crippen LogP contribution is 2.36. The molecule has 0 saturated carbocycles. The third-order valence-electron chi connectivity index (χ3n) is 19.4. The number of aromatic nitrogens is 3. The number of fused-ring (bicyclic) bond motifs is 9. The summed E-state index contributed by atoms with van der Waals surface area (Å²) in [7, 11) is 0. The van der Waals surface area contributed by atoms with Crippen LogP contribution in [-0.2, 0) is 19.6 Å². The van der Waals surface area contributed by atoms with Crippen LogP contribution >= 0.6 is 0 Å². The number of rotatable bonds is 41. The van der Waals surface area contributed by atoms with E-state index in [0.29, 0.717) is 0 Å². The summed E-state index contributed by atoms with van der Waals surface area (Å²) in [6.07, 6.45) is 46.8. The summed E-state index contributed by atoms with van der Waals surface area (Å²) in [5.74, 6) is 14.1. The van der Waals surface area contributed by atoms with Crippen molar-refractivity contribution in [1.82, 2.24) is 13.7 Å². The fourth-order valence-corrected chi connectivity index (χ4v) is 14.2. The van der Waals surface area contributed by atoms with E-state index in [9.17, 15) is 20.2 Å². The first-order valence-corrected chi connectivity index (χ1v) is 36.3. The van der Waals surface area contributed by atoms with Crippen LogP contribution in [0.3, 0.4) is 0 Å². The average Bonchev–Trinajstić information content (AvgIpc) is 1.71. The van der Waals surface area contributed by atoms with Gasteiger partial charge < -0.3 is 13.7 Å². The molecule has 0 spiro atoms. The van der Waals surface area contributed by atoms with E-state index >= 15 is 0 Å². The van der Waals surface area contributed by atoms with Gasteiger partial charge in [-0.3, -0.25) is 20.2 Å². The van der Waals surface area contributed by atoms with E-state index in [0.717, 1.165) is 116 Å².